The molecule has 0 fully saturated rings. The molecular weight excluding hydrogens is 292 g/mol. The molecule has 1 aromatic heterocycles. The molecule has 0 saturated carbocycles. The number of allylic oxidation sites excluding steroid dienone is 2. The smallest absolute Gasteiger partial charge is 0.172 e. The van der Waals surface area contributed by atoms with Crippen LogP contribution in [0.3, 0.4) is 0 Å². The van der Waals surface area contributed by atoms with E-state index in [4.69, 9.17) is 0 Å². The fourth-order valence-corrected chi connectivity index (χ4v) is 2.56. The molecule has 0 bridgehead atoms. The molecule has 1 aromatic rings. The summed E-state index contributed by atoms with van der Waals surface area (Å²) in [7, 11) is 0. The van der Waals surface area contributed by atoms with Gasteiger partial charge in [-0.2, -0.15) is 0 Å². The second-order valence-corrected chi connectivity index (χ2v) is 6.20. The third-order valence-corrected chi connectivity index (χ3v) is 3.93. The molecule has 0 aliphatic heterocycles. The maximum atomic E-state index is 11.9. The molecular formula is C14H17BrN2O. The van der Waals surface area contributed by atoms with Gasteiger partial charge in [0.05, 0.1) is 16.7 Å². The van der Waals surface area contributed by atoms with Crippen molar-refractivity contribution in [1.29, 1.82) is 0 Å². The number of halogens is 1. The summed E-state index contributed by atoms with van der Waals surface area (Å²) >= 11 is 3.39. The first kappa shape index (κ1) is 13.3. The van der Waals surface area contributed by atoms with Gasteiger partial charge in [0.25, 0.3) is 0 Å². The highest BCUT2D eigenvalue weighted by Crippen LogP contribution is 2.37. The van der Waals surface area contributed by atoms with Crippen LogP contribution in [0.4, 0.5) is 0 Å². The van der Waals surface area contributed by atoms with E-state index in [1.807, 2.05) is 18.2 Å². The third-order valence-electron chi connectivity index (χ3n) is 3.01. The van der Waals surface area contributed by atoms with Gasteiger partial charge in [0.1, 0.15) is 0 Å². The van der Waals surface area contributed by atoms with Crippen LogP contribution in [0.15, 0.2) is 34.6 Å². The SMILES string of the molecule is CC1(C)CC(=O)C(Br)=C(NCc2ccccn2)C1. The Bertz CT molecular complexity index is 480. The van der Waals surface area contributed by atoms with Gasteiger partial charge in [0, 0.05) is 18.3 Å². The van der Waals surface area contributed by atoms with Crippen LogP contribution < -0.4 is 5.32 Å². The summed E-state index contributed by atoms with van der Waals surface area (Å²) in [5.74, 6) is 0.176. The predicted octanol–water partition coefficient (Wildman–Crippen LogP) is 3.17. The number of nitrogens with one attached hydrogen (secondary N) is 1. The normalized spacial score (nSPS) is 18.9. The van der Waals surface area contributed by atoms with Crippen molar-refractivity contribution in [3.05, 3.63) is 40.3 Å². The lowest BCUT2D eigenvalue weighted by molar-refractivity contribution is -0.117. The van der Waals surface area contributed by atoms with Crippen molar-refractivity contribution in [2.24, 2.45) is 5.41 Å². The zero-order valence-corrected chi connectivity index (χ0v) is 12.3. The summed E-state index contributed by atoms with van der Waals surface area (Å²) in [5, 5.41) is 3.32. The lowest BCUT2D eigenvalue weighted by Gasteiger charge is -2.31. The van der Waals surface area contributed by atoms with Gasteiger partial charge in [-0.15, -0.1) is 0 Å². The van der Waals surface area contributed by atoms with Crippen LogP contribution in [0.5, 0.6) is 0 Å². The molecule has 1 aliphatic rings. The van der Waals surface area contributed by atoms with E-state index in [2.05, 4.69) is 40.1 Å². The molecule has 96 valence electrons. The largest absolute Gasteiger partial charge is 0.382 e. The molecule has 0 aromatic carbocycles. The van der Waals surface area contributed by atoms with Crippen LogP contribution >= 0.6 is 15.9 Å². The number of aromatic nitrogens is 1. The first-order valence-corrected chi connectivity index (χ1v) is 6.83. The zero-order valence-electron chi connectivity index (χ0n) is 10.7. The van der Waals surface area contributed by atoms with Crippen LogP contribution in [0.2, 0.25) is 0 Å². The average molecular weight is 309 g/mol. The van der Waals surface area contributed by atoms with Crippen molar-refractivity contribution in [1.82, 2.24) is 10.3 Å². The van der Waals surface area contributed by atoms with E-state index in [1.54, 1.807) is 6.20 Å². The van der Waals surface area contributed by atoms with E-state index in [-0.39, 0.29) is 11.2 Å². The molecule has 0 unspecified atom stereocenters. The number of Topliss-reactive ketones (excluding diaryl/α,β-unsaturated/α-hetero) is 1. The standard InChI is InChI=1S/C14H17BrN2O/c1-14(2)7-11(13(15)12(18)8-14)17-9-10-5-3-4-6-16-10/h3-6,17H,7-9H2,1-2H3. The molecule has 4 heteroatoms. The molecule has 3 nitrogen and oxygen atoms in total. The van der Waals surface area contributed by atoms with Crippen LogP contribution in [0, 0.1) is 5.41 Å². The first-order valence-electron chi connectivity index (χ1n) is 6.03. The summed E-state index contributed by atoms with van der Waals surface area (Å²) in [6, 6.07) is 5.83. The van der Waals surface area contributed by atoms with Crippen LogP contribution in [0.1, 0.15) is 32.4 Å². The third kappa shape index (κ3) is 3.19. The molecule has 0 saturated heterocycles. The number of pyridine rings is 1. The molecule has 0 radical (unpaired) electrons. The van der Waals surface area contributed by atoms with E-state index in [1.165, 1.54) is 0 Å². The van der Waals surface area contributed by atoms with Gasteiger partial charge in [0.15, 0.2) is 5.78 Å². The number of hydrogen-bond donors (Lipinski definition) is 1. The molecule has 0 atom stereocenters. The van der Waals surface area contributed by atoms with Crippen molar-refractivity contribution in [3.8, 4) is 0 Å². The Balaban J connectivity index is 2.08. The van der Waals surface area contributed by atoms with Crippen molar-refractivity contribution in [3.63, 3.8) is 0 Å². The highest BCUT2D eigenvalue weighted by molar-refractivity contribution is 9.12. The van der Waals surface area contributed by atoms with Gasteiger partial charge in [0.2, 0.25) is 0 Å². The second kappa shape index (κ2) is 5.22. The van der Waals surface area contributed by atoms with Gasteiger partial charge in [-0.3, -0.25) is 9.78 Å². The Kier molecular flexibility index (Phi) is 3.85. The quantitative estimate of drug-likeness (QED) is 0.932. The summed E-state index contributed by atoms with van der Waals surface area (Å²) in [5.41, 5.74) is 1.99. The molecule has 2 rings (SSSR count). The number of carbonyl (C=O) groups is 1. The number of ketones is 1. The minimum atomic E-state index is 0.0286. The maximum absolute atomic E-state index is 11.9. The summed E-state index contributed by atoms with van der Waals surface area (Å²) in [4.78, 5) is 16.1. The van der Waals surface area contributed by atoms with Gasteiger partial charge in [-0.1, -0.05) is 19.9 Å². The highest BCUT2D eigenvalue weighted by atomic mass is 79.9. The number of carbonyl (C=O) groups excluding carboxylic acids is 1. The fraction of sp³-hybridized carbons (Fsp3) is 0.429. The van der Waals surface area contributed by atoms with Crippen LogP contribution in [-0.2, 0) is 11.3 Å². The van der Waals surface area contributed by atoms with Crippen molar-refractivity contribution in [2.75, 3.05) is 0 Å². The zero-order chi connectivity index (χ0) is 13.2. The average Bonchev–Trinajstić information content (AvgIpc) is 2.33. The van der Waals surface area contributed by atoms with E-state index < -0.39 is 0 Å². The van der Waals surface area contributed by atoms with Crippen molar-refractivity contribution >= 4 is 21.7 Å². The van der Waals surface area contributed by atoms with E-state index in [0.29, 0.717) is 17.4 Å². The van der Waals surface area contributed by atoms with E-state index in [9.17, 15) is 4.79 Å². The highest BCUT2D eigenvalue weighted by Gasteiger charge is 2.31. The molecule has 1 aliphatic carbocycles. The summed E-state index contributed by atoms with van der Waals surface area (Å²) in [6.45, 7) is 4.88. The van der Waals surface area contributed by atoms with Crippen molar-refractivity contribution < 1.29 is 4.79 Å². The molecule has 18 heavy (non-hydrogen) atoms. The summed E-state index contributed by atoms with van der Waals surface area (Å²) < 4.78 is 0.692. The topological polar surface area (TPSA) is 42.0 Å². The Labute approximate surface area is 116 Å². The van der Waals surface area contributed by atoms with E-state index >= 15 is 0 Å². The fourth-order valence-electron chi connectivity index (χ4n) is 2.14. The van der Waals surface area contributed by atoms with Gasteiger partial charge in [-0.05, 0) is 39.9 Å². The molecule has 0 spiro atoms. The Hall–Kier alpha value is -1.16. The minimum absolute atomic E-state index is 0.0286. The maximum Gasteiger partial charge on any atom is 0.172 e. The van der Waals surface area contributed by atoms with Crippen LogP contribution in [0.25, 0.3) is 0 Å². The van der Waals surface area contributed by atoms with Gasteiger partial charge < -0.3 is 5.32 Å². The predicted molar refractivity (Wildman–Crippen MR) is 75.1 cm³/mol. The number of nitrogens with zero attached hydrogens (tertiary/aromatic N) is 1. The van der Waals surface area contributed by atoms with Crippen LogP contribution in [-0.4, -0.2) is 10.8 Å². The Morgan fingerprint density at radius 2 is 2.17 bits per heavy atom. The Morgan fingerprint density at radius 3 is 2.83 bits per heavy atom. The lowest BCUT2D eigenvalue weighted by atomic mass is 9.79. The summed E-state index contributed by atoms with van der Waals surface area (Å²) in [6.07, 6.45) is 3.25. The van der Waals surface area contributed by atoms with Gasteiger partial charge in [-0.25, -0.2) is 0 Å². The van der Waals surface area contributed by atoms with Gasteiger partial charge >= 0.3 is 0 Å². The Morgan fingerprint density at radius 1 is 1.39 bits per heavy atom. The number of rotatable bonds is 3. The lowest BCUT2D eigenvalue weighted by Crippen LogP contribution is -2.29. The second-order valence-electron chi connectivity index (χ2n) is 5.41. The molecule has 1 N–H and O–H groups in total. The molecule has 1 heterocycles. The van der Waals surface area contributed by atoms with E-state index in [0.717, 1.165) is 17.8 Å². The first-order chi connectivity index (χ1) is 8.48. The monoisotopic (exact) mass is 308 g/mol. The minimum Gasteiger partial charge on any atom is -0.382 e. The van der Waals surface area contributed by atoms with Crippen molar-refractivity contribution in [2.45, 2.75) is 33.2 Å². The molecule has 0 amide bonds. The number of hydrogen-bond acceptors (Lipinski definition) is 3.